The Bertz CT molecular complexity index is 675. The molecule has 0 saturated carbocycles. The Morgan fingerprint density at radius 1 is 1.35 bits per heavy atom. The first-order valence-electron chi connectivity index (χ1n) is 7.74. The van der Waals surface area contributed by atoms with Crippen LogP contribution in [0.2, 0.25) is 0 Å². The standard InChI is InChI=1S/C16H20N4O3/c1-3-13-15(11(2)23-19-13)16(21)18-12-4-5-14(17-10-12)20-6-8-22-9-7-20/h4-5,10H,3,6-9H2,1-2H3,(H,18,21). The Balaban J connectivity index is 1.70. The van der Waals surface area contributed by atoms with Gasteiger partial charge in [0.25, 0.3) is 5.91 Å². The number of carbonyl (C=O) groups excluding carboxylic acids is 1. The van der Waals surface area contributed by atoms with E-state index in [1.165, 1.54) is 0 Å². The molecule has 3 heterocycles. The van der Waals surface area contributed by atoms with Gasteiger partial charge in [-0.15, -0.1) is 0 Å². The second-order valence-electron chi connectivity index (χ2n) is 5.37. The molecular weight excluding hydrogens is 296 g/mol. The largest absolute Gasteiger partial charge is 0.378 e. The summed E-state index contributed by atoms with van der Waals surface area (Å²) in [5.74, 6) is 1.19. The van der Waals surface area contributed by atoms with Gasteiger partial charge in [-0.1, -0.05) is 12.1 Å². The lowest BCUT2D eigenvalue weighted by molar-refractivity contribution is 0.102. The van der Waals surface area contributed by atoms with Crippen LogP contribution in [0.4, 0.5) is 11.5 Å². The fourth-order valence-electron chi connectivity index (χ4n) is 2.58. The molecule has 1 aliphatic rings. The minimum absolute atomic E-state index is 0.221. The molecule has 0 radical (unpaired) electrons. The van der Waals surface area contributed by atoms with Gasteiger partial charge in [0.05, 0.1) is 30.8 Å². The molecule has 0 bridgehead atoms. The molecule has 2 aromatic rings. The zero-order chi connectivity index (χ0) is 16.2. The molecule has 1 fully saturated rings. The average molecular weight is 316 g/mol. The maximum Gasteiger partial charge on any atom is 0.261 e. The summed E-state index contributed by atoms with van der Waals surface area (Å²) in [4.78, 5) is 19.0. The summed E-state index contributed by atoms with van der Waals surface area (Å²) in [5.41, 5.74) is 1.82. The summed E-state index contributed by atoms with van der Waals surface area (Å²) in [6.07, 6.45) is 2.31. The molecule has 7 heteroatoms. The van der Waals surface area contributed by atoms with Gasteiger partial charge in [0.1, 0.15) is 17.1 Å². The van der Waals surface area contributed by atoms with E-state index in [-0.39, 0.29) is 5.91 Å². The Morgan fingerprint density at radius 2 is 2.13 bits per heavy atom. The third kappa shape index (κ3) is 3.34. The number of ether oxygens (including phenoxy) is 1. The molecule has 1 amide bonds. The third-order valence-electron chi connectivity index (χ3n) is 3.84. The van der Waals surface area contributed by atoms with Gasteiger partial charge in [0, 0.05) is 13.1 Å². The van der Waals surface area contributed by atoms with Crippen molar-refractivity contribution >= 4 is 17.4 Å². The Kier molecular flexibility index (Phi) is 4.57. The zero-order valence-electron chi connectivity index (χ0n) is 13.3. The van der Waals surface area contributed by atoms with E-state index in [9.17, 15) is 4.79 Å². The number of nitrogens with one attached hydrogen (secondary N) is 1. The fourth-order valence-corrected chi connectivity index (χ4v) is 2.58. The van der Waals surface area contributed by atoms with Gasteiger partial charge in [0.2, 0.25) is 0 Å². The summed E-state index contributed by atoms with van der Waals surface area (Å²) in [5, 5.41) is 6.75. The van der Waals surface area contributed by atoms with Crippen molar-refractivity contribution in [3.63, 3.8) is 0 Å². The van der Waals surface area contributed by atoms with Crippen LogP contribution in [0.25, 0.3) is 0 Å². The highest BCUT2D eigenvalue weighted by Gasteiger charge is 2.19. The van der Waals surface area contributed by atoms with Crippen molar-refractivity contribution in [3.8, 4) is 0 Å². The van der Waals surface area contributed by atoms with E-state index < -0.39 is 0 Å². The first-order chi connectivity index (χ1) is 11.2. The lowest BCUT2D eigenvalue weighted by Gasteiger charge is -2.27. The number of aryl methyl sites for hydroxylation is 2. The summed E-state index contributed by atoms with van der Waals surface area (Å²) in [6.45, 7) is 6.77. The minimum atomic E-state index is -0.221. The summed E-state index contributed by atoms with van der Waals surface area (Å²) in [6, 6.07) is 3.76. The van der Waals surface area contributed by atoms with E-state index in [0.29, 0.717) is 42.3 Å². The van der Waals surface area contributed by atoms with Gasteiger partial charge in [0.15, 0.2) is 0 Å². The number of aromatic nitrogens is 2. The van der Waals surface area contributed by atoms with E-state index in [1.54, 1.807) is 13.1 Å². The van der Waals surface area contributed by atoms with Crippen LogP contribution in [0.5, 0.6) is 0 Å². The van der Waals surface area contributed by atoms with Crippen molar-refractivity contribution < 1.29 is 14.1 Å². The first-order valence-corrected chi connectivity index (χ1v) is 7.74. The third-order valence-corrected chi connectivity index (χ3v) is 3.84. The molecule has 0 aromatic carbocycles. The molecule has 0 spiro atoms. The van der Waals surface area contributed by atoms with Crippen LogP contribution in [0, 0.1) is 6.92 Å². The Labute approximate surface area is 134 Å². The number of anilines is 2. The van der Waals surface area contributed by atoms with Gasteiger partial charge in [-0.3, -0.25) is 4.79 Å². The SMILES string of the molecule is CCc1noc(C)c1C(=O)Nc1ccc(N2CCOCC2)nc1. The predicted molar refractivity (Wildman–Crippen MR) is 85.8 cm³/mol. The Morgan fingerprint density at radius 3 is 2.78 bits per heavy atom. The maximum atomic E-state index is 12.4. The summed E-state index contributed by atoms with van der Waals surface area (Å²) in [7, 11) is 0. The van der Waals surface area contributed by atoms with Crippen molar-refractivity contribution in [1.82, 2.24) is 10.1 Å². The van der Waals surface area contributed by atoms with Gasteiger partial charge < -0.3 is 19.5 Å². The smallest absolute Gasteiger partial charge is 0.261 e. The van der Waals surface area contributed by atoms with Crippen molar-refractivity contribution in [3.05, 3.63) is 35.3 Å². The molecule has 122 valence electrons. The number of hydrogen-bond acceptors (Lipinski definition) is 6. The lowest BCUT2D eigenvalue weighted by atomic mass is 10.1. The molecule has 0 atom stereocenters. The molecule has 0 unspecified atom stereocenters. The highest BCUT2D eigenvalue weighted by molar-refractivity contribution is 6.05. The predicted octanol–water partition coefficient (Wildman–Crippen LogP) is 2.03. The van der Waals surface area contributed by atoms with Crippen molar-refractivity contribution in [1.29, 1.82) is 0 Å². The number of amides is 1. The van der Waals surface area contributed by atoms with E-state index >= 15 is 0 Å². The number of rotatable bonds is 4. The number of carbonyl (C=O) groups is 1. The molecule has 2 aromatic heterocycles. The topological polar surface area (TPSA) is 80.5 Å². The average Bonchev–Trinajstić information content (AvgIpc) is 2.97. The molecule has 3 rings (SSSR count). The number of nitrogens with zero attached hydrogens (tertiary/aromatic N) is 3. The van der Waals surface area contributed by atoms with Crippen LogP contribution in [0.1, 0.15) is 28.7 Å². The van der Waals surface area contributed by atoms with Crippen LogP contribution in [0.3, 0.4) is 0 Å². The molecule has 7 nitrogen and oxygen atoms in total. The van der Waals surface area contributed by atoms with Crippen molar-refractivity contribution in [2.24, 2.45) is 0 Å². The minimum Gasteiger partial charge on any atom is -0.378 e. The van der Waals surface area contributed by atoms with Crippen molar-refractivity contribution in [2.75, 3.05) is 36.5 Å². The van der Waals surface area contributed by atoms with Crippen molar-refractivity contribution in [2.45, 2.75) is 20.3 Å². The van der Waals surface area contributed by atoms with Crippen LogP contribution < -0.4 is 10.2 Å². The molecule has 23 heavy (non-hydrogen) atoms. The monoisotopic (exact) mass is 316 g/mol. The van der Waals surface area contributed by atoms with Gasteiger partial charge in [-0.05, 0) is 25.5 Å². The second kappa shape index (κ2) is 6.78. The highest BCUT2D eigenvalue weighted by Crippen LogP contribution is 2.18. The van der Waals surface area contributed by atoms with E-state index in [2.05, 4.69) is 20.4 Å². The van der Waals surface area contributed by atoms with Gasteiger partial charge >= 0.3 is 0 Å². The van der Waals surface area contributed by atoms with E-state index in [1.807, 2.05) is 19.1 Å². The van der Waals surface area contributed by atoms with Crippen LogP contribution in [-0.4, -0.2) is 42.4 Å². The Hall–Kier alpha value is -2.41. The van der Waals surface area contributed by atoms with Crippen LogP contribution >= 0.6 is 0 Å². The van der Waals surface area contributed by atoms with E-state index in [0.717, 1.165) is 18.9 Å². The van der Waals surface area contributed by atoms with E-state index in [4.69, 9.17) is 9.26 Å². The first kappa shape index (κ1) is 15.5. The van der Waals surface area contributed by atoms with Crippen LogP contribution in [-0.2, 0) is 11.2 Å². The second-order valence-corrected chi connectivity index (χ2v) is 5.37. The molecular formula is C16H20N4O3. The summed E-state index contributed by atoms with van der Waals surface area (Å²) >= 11 is 0. The zero-order valence-corrected chi connectivity index (χ0v) is 13.3. The normalized spacial score (nSPS) is 14.8. The lowest BCUT2D eigenvalue weighted by Crippen LogP contribution is -2.36. The number of hydrogen-bond donors (Lipinski definition) is 1. The van der Waals surface area contributed by atoms with Gasteiger partial charge in [-0.25, -0.2) is 4.98 Å². The number of pyridine rings is 1. The molecule has 0 aliphatic carbocycles. The van der Waals surface area contributed by atoms with Crippen LogP contribution in [0.15, 0.2) is 22.9 Å². The molecule has 1 N–H and O–H groups in total. The maximum absolute atomic E-state index is 12.4. The summed E-state index contributed by atoms with van der Waals surface area (Å²) < 4.78 is 10.4. The fraction of sp³-hybridized carbons (Fsp3) is 0.438. The molecule has 1 aliphatic heterocycles. The van der Waals surface area contributed by atoms with Gasteiger partial charge in [-0.2, -0.15) is 0 Å². The quantitative estimate of drug-likeness (QED) is 0.929. The highest BCUT2D eigenvalue weighted by atomic mass is 16.5. The number of morpholine rings is 1. The molecule has 1 saturated heterocycles.